The van der Waals surface area contributed by atoms with E-state index in [1.165, 1.54) is 0 Å². The molecule has 1 N–H and O–H groups in total. The molecule has 2 aromatic rings. The summed E-state index contributed by atoms with van der Waals surface area (Å²) in [5.41, 5.74) is 1.73. The van der Waals surface area contributed by atoms with E-state index >= 15 is 0 Å². The normalized spacial score (nSPS) is 11.1. The number of thiazole rings is 1. The minimum atomic E-state index is -2.80. The van der Waals surface area contributed by atoms with Crippen LogP contribution < -0.4 is 10.1 Å². The van der Waals surface area contributed by atoms with Crippen LogP contribution in [-0.4, -0.2) is 11.6 Å². The molecule has 3 nitrogen and oxygen atoms in total. The first kappa shape index (κ1) is 14.9. The summed E-state index contributed by atoms with van der Waals surface area (Å²) in [5, 5.41) is 4.26. The average Bonchev–Trinajstić information content (AvgIpc) is 2.69. The zero-order valence-electron chi connectivity index (χ0n) is 11.3. The number of nitrogens with zero attached hydrogens (tertiary/aromatic N) is 1. The Labute approximate surface area is 120 Å². The second-order valence-electron chi connectivity index (χ2n) is 4.33. The van der Waals surface area contributed by atoms with E-state index in [9.17, 15) is 8.78 Å². The predicted molar refractivity (Wildman–Crippen MR) is 75.2 cm³/mol. The van der Waals surface area contributed by atoms with Crippen molar-refractivity contribution in [2.45, 2.75) is 33.5 Å². The van der Waals surface area contributed by atoms with Crippen LogP contribution in [0.5, 0.6) is 5.75 Å². The van der Waals surface area contributed by atoms with Crippen LogP contribution in [0.15, 0.2) is 24.3 Å². The highest BCUT2D eigenvalue weighted by atomic mass is 32.1. The molecule has 0 saturated heterocycles. The Morgan fingerprint density at radius 1 is 1.25 bits per heavy atom. The predicted octanol–water partition coefficient (Wildman–Crippen LogP) is 3.65. The summed E-state index contributed by atoms with van der Waals surface area (Å²) in [4.78, 5) is 5.51. The molecule has 2 rings (SSSR count). The van der Waals surface area contributed by atoms with Crippen LogP contribution in [0.3, 0.4) is 0 Å². The van der Waals surface area contributed by atoms with Crippen LogP contribution in [0.1, 0.15) is 21.1 Å². The van der Waals surface area contributed by atoms with E-state index in [0.29, 0.717) is 18.7 Å². The molecule has 0 saturated carbocycles. The van der Waals surface area contributed by atoms with E-state index in [2.05, 4.69) is 15.0 Å². The number of halogens is 2. The third kappa shape index (κ3) is 3.98. The summed E-state index contributed by atoms with van der Waals surface area (Å²) >= 11 is 1.64. The highest BCUT2D eigenvalue weighted by Gasteiger charge is 2.09. The topological polar surface area (TPSA) is 34.2 Å². The molecule has 108 valence electrons. The van der Waals surface area contributed by atoms with Crippen molar-refractivity contribution in [2.75, 3.05) is 0 Å². The second kappa shape index (κ2) is 6.76. The number of rotatable bonds is 6. The first-order chi connectivity index (χ1) is 9.56. The molecule has 1 heterocycles. The van der Waals surface area contributed by atoms with Gasteiger partial charge in [0.25, 0.3) is 0 Å². The van der Waals surface area contributed by atoms with Crippen LogP contribution in [-0.2, 0) is 13.1 Å². The van der Waals surface area contributed by atoms with E-state index in [1.54, 1.807) is 35.6 Å². The Bertz CT molecular complexity index is 572. The van der Waals surface area contributed by atoms with Gasteiger partial charge in [0.05, 0.1) is 10.7 Å². The fourth-order valence-corrected chi connectivity index (χ4v) is 2.82. The van der Waals surface area contributed by atoms with Gasteiger partial charge >= 0.3 is 6.61 Å². The van der Waals surface area contributed by atoms with Crippen molar-refractivity contribution in [1.82, 2.24) is 10.3 Å². The number of aryl methyl sites for hydroxylation is 2. The van der Waals surface area contributed by atoms with Gasteiger partial charge in [-0.2, -0.15) is 8.78 Å². The van der Waals surface area contributed by atoms with Crippen molar-refractivity contribution >= 4 is 11.3 Å². The van der Waals surface area contributed by atoms with Gasteiger partial charge in [-0.05, 0) is 19.9 Å². The van der Waals surface area contributed by atoms with Crippen molar-refractivity contribution in [3.8, 4) is 5.75 Å². The average molecular weight is 298 g/mol. The molecule has 1 aromatic heterocycles. The molecule has 0 amide bonds. The maximum absolute atomic E-state index is 12.3. The number of nitrogens with one attached hydrogen (secondary N) is 1. The molecule has 0 aliphatic rings. The zero-order chi connectivity index (χ0) is 14.5. The number of ether oxygens (including phenoxy) is 1. The number of para-hydroxylation sites is 1. The first-order valence-corrected chi connectivity index (χ1v) is 7.04. The number of benzene rings is 1. The number of aromatic nitrogens is 1. The van der Waals surface area contributed by atoms with E-state index in [1.807, 2.05) is 13.8 Å². The Kier molecular flexibility index (Phi) is 5.03. The second-order valence-corrected chi connectivity index (χ2v) is 5.62. The van der Waals surface area contributed by atoms with Gasteiger partial charge in [0.15, 0.2) is 0 Å². The van der Waals surface area contributed by atoms with Gasteiger partial charge in [-0.3, -0.25) is 0 Å². The van der Waals surface area contributed by atoms with Gasteiger partial charge in [0, 0.05) is 23.5 Å². The minimum Gasteiger partial charge on any atom is -0.434 e. The third-order valence-corrected chi connectivity index (χ3v) is 3.86. The van der Waals surface area contributed by atoms with Gasteiger partial charge in [0.2, 0.25) is 0 Å². The molecular formula is C14H16F2N2OS. The SMILES string of the molecule is Cc1nc(C)c(CNCc2ccccc2OC(F)F)s1. The Hall–Kier alpha value is -1.53. The highest BCUT2D eigenvalue weighted by molar-refractivity contribution is 7.11. The molecule has 1 aromatic carbocycles. The van der Waals surface area contributed by atoms with Gasteiger partial charge in [-0.1, -0.05) is 18.2 Å². The lowest BCUT2D eigenvalue weighted by Gasteiger charge is -2.11. The zero-order valence-corrected chi connectivity index (χ0v) is 12.1. The smallest absolute Gasteiger partial charge is 0.387 e. The van der Waals surface area contributed by atoms with Crippen LogP contribution >= 0.6 is 11.3 Å². The van der Waals surface area contributed by atoms with Gasteiger partial charge in [0.1, 0.15) is 5.75 Å². The van der Waals surface area contributed by atoms with E-state index in [0.717, 1.165) is 15.6 Å². The Morgan fingerprint density at radius 2 is 2.00 bits per heavy atom. The Morgan fingerprint density at radius 3 is 2.65 bits per heavy atom. The molecule has 0 radical (unpaired) electrons. The van der Waals surface area contributed by atoms with Gasteiger partial charge in [-0.25, -0.2) is 4.98 Å². The minimum absolute atomic E-state index is 0.215. The Balaban J connectivity index is 1.95. The maximum Gasteiger partial charge on any atom is 0.387 e. The van der Waals surface area contributed by atoms with E-state index < -0.39 is 6.61 Å². The molecule has 0 spiro atoms. The van der Waals surface area contributed by atoms with Crippen molar-refractivity contribution in [3.05, 3.63) is 45.4 Å². The standard InChI is InChI=1S/C14H16F2N2OS/c1-9-13(20-10(2)18-9)8-17-7-11-5-3-4-6-12(11)19-14(15)16/h3-6,14,17H,7-8H2,1-2H3. The fourth-order valence-electron chi connectivity index (χ4n) is 1.91. The van der Waals surface area contributed by atoms with Crippen LogP contribution in [0.2, 0.25) is 0 Å². The highest BCUT2D eigenvalue weighted by Crippen LogP contribution is 2.21. The van der Waals surface area contributed by atoms with Crippen LogP contribution in [0, 0.1) is 13.8 Å². The van der Waals surface area contributed by atoms with Crippen molar-refractivity contribution < 1.29 is 13.5 Å². The largest absolute Gasteiger partial charge is 0.434 e. The van der Waals surface area contributed by atoms with Crippen molar-refractivity contribution in [2.24, 2.45) is 0 Å². The molecule has 0 unspecified atom stereocenters. The molecule has 0 aliphatic carbocycles. The van der Waals surface area contributed by atoms with E-state index in [-0.39, 0.29) is 5.75 Å². The molecule has 0 fully saturated rings. The lowest BCUT2D eigenvalue weighted by Crippen LogP contribution is -2.14. The van der Waals surface area contributed by atoms with Crippen molar-refractivity contribution in [3.63, 3.8) is 0 Å². The molecular weight excluding hydrogens is 282 g/mol. The number of hydrogen-bond donors (Lipinski definition) is 1. The molecule has 0 atom stereocenters. The fraction of sp³-hybridized carbons (Fsp3) is 0.357. The lowest BCUT2D eigenvalue weighted by molar-refractivity contribution is -0.0505. The van der Waals surface area contributed by atoms with Crippen LogP contribution in [0.4, 0.5) is 8.78 Å². The molecule has 6 heteroatoms. The van der Waals surface area contributed by atoms with Gasteiger partial charge < -0.3 is 10.1 Å². The summed E-state index contributed by atoms with van der Waals surface area (Å²) in [7, 11) is 0. The van der Waals surface area contributed by atoms with Crippen LogP contribution in [0.25, 0.3) is 0 Å². The molecule has 0 bridgehead atoms. The summed E-state index contributed by atoms with van der Waals surface area (Å²) in [5.74, 6) is 0.215. The molecule has 0 aliphatic heterocycles. The summed E-state index contributed by atoms with van der Waals surface area (Å²) in [6.45, 7) is 2.27. The quantitative estimate of drug-likeness (QED) is 0.884. The summed E-state index contributed by atoms with van der Waals surface area (Å²) in [6.07, 6.45) is 0. The monoisotopic (exact) mass is 298 g/mol. The van der Waals surface area contributed by atoms with Crippen molar-refractivity contribution in [1.29, 1.82) is 0 Å². The molecule has 20 heavy (non-hydrogen) atoms. The third-order valence-electron chi connectivity index (χ3n) is 2.79. The van der Waals surface area contributed by atoms with E-state index in [4.69, 9.17) is 0 Å². The summed E-state index contributed by atoms with van der Waals surface area (Å²) < 4.78 is 29.1. The van der Waals surface area contributed by atoms with Gasteiger partial charge in [-0.15, -0.1) is 11.3 Å². The lowest BCUT2D eigenvalue weighted by atomic mass is 10.2. The maximum atomic E-state index is 12.3. The number of hydrogen-bond acceptors (Lipinski definition) is 4. The summed E-state index contributed by atoms with van der Waals surface area (Å²) in [6, 6.07) is 6.80. The first-order valence-electron chi connectivity index (χ1n) is 6.22. The number of alkyl halides is 2.